The predicted octanol–water partition coefficient (Wildman–Crippen LogP) is 5.39. The van der Waals surface area contributed by atoms with Gasteiger partial charge in [-0.3, -0.25) is 4.79 Å². The SMILES string of the molecule is COc1ccc(OC)c(NC(=O)c2csc(-c3ccc(Cl)c(Cl)c3)n2)c1. The van der Waals surface area contributed by atoms with E-state index in [9.17, 15) is 4.79 Å². The number of ether oxygens (including phenoxy) is 2. The summed E-state index contributed by atoms with van der Waals surface area (Å²) in [6, 6.07) is 10.4. The number of thiazole rings is 1. The highest BCUT2D eigenvalue weighted by Gasteiger charge is 2.15. The maximum Gasteiger partial charge on any atom is 0.275 e. The fraction of sp³-hybridized carbons (Fsp3) is 0.111. The van der Waals surface area contributed by atoms with Crippen LogP contribution in [0.5, 0.6) is 11.5 Å². The molecule has 1 aromatic heterocycles. The molecular weight excluding hydrogens is 395 g/mol. The minimum absolute atomic E-state index is 0.293. The molecular formula is C18H14Cl2N2O3S. The number of nitrogens with zero attached hydrogens (tertiary/aromatic N) is 1. The van der Waals surface area contributed by atoms with Crippen LogP contribution in [-0.2, 0) is 0 Å². The molecule has 2 aromatic carbocycles. The number of carbonyl (C=O) groups excluding carboxylic acids is 1. The summed E-state index contributed by atoms with van der Waals surface area (Å²) in [5.41, 5.74) is 1.59. The van der Waals surface area contributed by atoms with Gasteiger partial charge >= 0.3 is 0 Å². The standard InChI is InChI=1S/C18H14Cl2N2O3S/c1-24-11-4-6-16(25-2)14(8-11)21-17(23)15-9-26-18(22-15)10-3-5-12(19)13(20)7-10/h3-9H,1-2H3,(H,21,23). The van der Waals surface area contributed by atoms with Crippen molar-refractivity contribution in [3.63, 3.8) is 0 Å². The zero-order chi connectivity index (χ0) is 18.7. The highest BCUT2D eigenvalue weighted by atomic mass is 35.5. The molecule has 134 valence electrons. The average molecular weight is 409 g/mol. The van der Waals surface area contributed by atoms with E-state index >= 15 is 0 Å². The Kier molecular flexibility index (Phi) is 5.66. The van der Waals surface area contributed by atoms with Gasteiger partial charge in [0, 0.05) is 17.0 Å². The van der Waals surface area contributed by atoms with Crippen LogP contribution >= 0.6 is 34.5 Å². The number of halogens is 2. The van der Waals surface area contributed by atoms with Crippen molar-refractivity contribution in [2.45, 2.75) is 0 Å². The second-order valence-electron chi connectivity index (χ2n) is 5.19. The van der Waals surface area contributed by atoms with Crippen LogP contribution in [0, 0.1) is 0 Å². The van der Waals surface area contributed by atoms with Crippen LogP contribution in [0.1, 0.15) is 10.5 Å². The van der Waals surface area contributed by atoms with E-state index < -0.39 is 0 Å². The summed E-state index contributed by atoms with van der Waals surface area (Å²) in [5, 5.41) is 6.05. The van der Waals surface area contributed by atoms with Crippen molar-refractivity contribution in [1.29, 1.82) is 0 Å². The Balaban J connectivity index is 1.83. The van der Waals surface area contributed by atoms with E-state index in [4.69, 9.17) is 32.7 Å². The first-order valence-electron chi connectivity index (χ1n) is 7.46. The number of aromatic nitrogens is 1. The Labute approximate surface area is 164 Å². The van der Waals surface area contributed by atoms with Crippen LogP contribution in [0.4, 0.5) is 5.69 Å². The number of nitrogens with one attached hydrogen (secondary N) is 1. The Morgan fingerprint density at radius 1 is 1.08 bits per heavy atom. The number of methoxy groups -OCH3 is 2. The van der Waals surface area contributed by atoms with Crippen molar-refractivity contribution in [2.24, 2.45) is 0 Å². The van der Waals surface area contributed by atoms with Crippen molar-refractivity contribution in [1.82, 2.24) is 4.98 Å². The molecule has 0 spiro atoms. The van der Waals surface area contributed by atoms with Crippen molar-refractivity contribution >= 4 is 46.1 Å². The lowest BCUT2D eigenvalue weighted by molar-refractivity contribution is 0.102. The molecule has 0 radical (unpaired) electrons. The molecule has 8 heteroatoms. The number of carbonyl (C=O) groups is 1. The molecule has 3 aromatic rings. The van der Waals surface area contributed by atoms with Gasteiger partial charge in [0.25, 0.3) is 5.91 Å². The van der Waals surface area contributed by atoms with Crippen LogP contribution in [0.2, 0.25) is 10.0 Å². The molecule has 0 saturated carbocycles. The van der Waals surface area contributed by atoms with Gasteiger partial charge in [-0.05, 0) is 24.3 Å². The van der Waals surface area contributed by atoms with Gasteiger partial charge in [-0.25, -0.2) is 4.98 Å². The third kappa shape index (κ3) is 3.93. The lowest BCUT2D eigenvalue weighted by Crippen LogP contribution is -2.13. The van der Waals surface area contributed by atoms with Gasteiger partial charge in [-0.2, -0.15) is 0 Å². The molecule has 1 N–H and O–H groups in total. The van der Waals surface area contributed by atoms with Crippen molar-refractivity contribution in [3.8, 4) is 22.1 Å². The van der Waals surface area contributed by atoms with Crippen LogP contribution in [-0.4, -0.2) is 25.1 Å². The minimum atomic E-state index is -0.348. The smallest absolute Gasteiger partial charge is 0.275 e. The average Bonchev–Trinajstić information content (AvgIpc) is 3.14. The Bertz CT molecular complexity index is 959. The van der Waals surface area contributed by atoms with Crippen molar-refractivity contribution in [2.75, 3.05) is 19.5 Å². The third-order valence-electron chi connectivity index (χ3n) is 3.56. The largest absolute Gasteiger partial charge is 0.497 e. The summed E-state index contributed by atoms with van der Waals surface area (Å²) in [6.45, 7) is 0. The predicted molar refractivity (Wildman–Crippen MR) is 105 cm³/mol. The molecule has 3 rings (SSSR count). The maximum absolute atomic E-state index is 12.5. The molecule has 0 unspecified atom stereocenters. The molecule has 0 fully saturated rings. The Hall–Kier alpha value is -2.28. The van der Waals surface area contributed by atoms with E-state index in [1.165, 1.54) is 18.4 Å². The summed E-state index contributed by atoms with van der Waals surface area (Å²) < 4.78 is 10.4. The molecule has 0 aliphatic rings. The molecule has 0 aliphatic carbocycles. The van der Waals surface area contributed by atoms with E-state index in [-0.39, 0.29) is 5.91 Å². The molecule has 5 nitrogen and oxygen atoms in total. The Morgan fingerprint density at radius 3 is 2.58 bits per heavy atom. The number of anilines is 1. The highest BCUT2D eigenvalue weighted by Crippen LogP contribution is 2.32. The first kappa shape index (κ1) is 18.5. The number of hydrogen-bond acceptors (Lipinski definition) is 5. The summed E-state index contributed by atoms with van der Waals surface area (Å²) in [4.78, 5) is 16.9. The lowest BCUT2D eigenvalue weighted by atomic mass is 10.2. The quantitative estimate of drug-likeness (QED) is 0.614. The number of amides is 1. The van der Waals surface area contributed by atoms with Gasteiger partial charge < -0.3 is 14.8 Å². The Morgan fingerprint density at radius 2 is 1.88 bits per heavy atom. The van der Waals surface area contributed by atoms with E-state index in [0.717, 1.165) is 5.56 Å². The van der Waals surface area contributed by atoms with Crippen molar-refractivity contribution in [3.05, 3.63) is 57.5 Å². The number of benzene rings is 2. The second kappa shape index (κ2) is 7.95. The molecule has 1 amide bonds. The van der Waals surface area contributed by atoms with Gasteiger partial charge in [-0.15, -0.1) is 11.3 Å². The summed E-state index contributed by atoms with van der Waals surface area (Å²) in [5.74, 6) is 0.786. The van der Waals surface area contributed by atoms with Gasteiger partial charge in [0.15, 0.2) is 0 Å². The number of hydrogen-bond donors (Lipinski definition) is 1. The zero-order valence-corrected chi connectivity index (χ0v) is 16.2. The first-order valence-corrected chi connectivity index (χ1v) is 9.09. The van der Waals surface area contributed by atoms with Crippen LogP contribution in [0.3, 0.4) is 0 Å². The van der Waals surface area contributed by atoms with E-state index in [1.807, 2.05) is 0 Å². The van der Waals surface area contributed by atoms with E-state index in [1.54, 1.807) is 48.9 Å². The minimum Gasteiger partial charge on any atom is -0.497 e. The second-order valence-corrected chi connectivity index (χ2v) is 6.86. The summed E-state index contributed by atoms with van der Waals surface area (Å²) >= 11 is 13.3. The number of rotatable bonds is 5. The van der Waals surface area contributed by atoms with E-state index in [2.05, 4.69) is 10.3 Å². The maximum atomic E-state index is 12.5. The molecule has 0 saturated heterocycles. The molecule has 0 bridgehead atoms. The fourth-order valence-electron chi connectivity index (χ4n) is 2.24. The van der Waals surface area contributed by atoms with E-state index in [0.29, 0.717) is 37.9 Å². The van der Waals surface area contributed by atoms with Crippen LogP contribution < -0.4 is 14.8 Å². The van der Waals surface area contributed by atoms with Gasteiger partial charge in [0.2, 0.25) is 0 Å². The third-order valence-corrected chi connectivity index (χ3v) is 5.19. The van der Waals surface area contributed by atoms with Crippen LogP contribution in [0.25, 0.3) is 10.6 Å². The summed E-state index contributed by atoms with van der Waals surface area (Å²) in [7, 11) is 3.08. The molecule has 1 heterocycles. The topological polar surface area (TPSA) is 60.5 Å². The highest BCUT2D eigenvalue weighted by molar-refractivity contribution is 7.13. The molecule has 26 heavy (non-hydrogen) atoms. The fourth-order valence-corrected chi connectivity index (χ4v) is 3.33. The monoisotopic (exact) mass is 408 g/mol. The lowest BCUT2D eigenvalue weighted by Gasteiger charge is -2.10. The van der Waals surface area contributed by atoms with Crippen molar-refractivity contribution < 1.29 is 14.3 Å². The van der Waals surface area contributed by atoms with Gasteiger partial charge in [0.05, 0.1) is 30.0 Å². The van der Waals surface area contributed by atoms with Crippen LogP contribution in [0.15, 0.2) is 41.8 Å². The normalized spacial score (nSPS) is 10.5. The van der Waals surface area contributed by atoms with Gasteiger partial charge in [0.1, 0.15) is 22.2 Å². The zero-order valence-electron chi connectivity index (χ0n) is 13.9. The molecule has 0 aliphatic heterocycles. The first-order chi connectivity index (χ1) is 12.5. The summed E-state index contributed by atoms with van der Waals surface area (Å²) in [6.07, 6.45) is 0. The molecule has 0 atom stereocenters. The van der Waals surface area contributed by atoms with Gasteiger partial charge in [-0.1, -0.05) is 29.3 Å².